The summed E-state index contributed by atoms with van der Waals surface area (Å²) in [5.74, 6) is 0.459. The van der Waals surface area contributed by atoms with E-state index in [1.165, 1.54) is 0 Å². The lowest BCUT2D eigenvalue weighted by Crippen LogP contribution is -2.08. The third kappa shape index (κ3) is 2.74. The molecule has 4 heterocycles. The molecule has 33 heavy (non-hydrogen) atoms. The van der Waals surface area contributed by atoms with Crippen LogP contribution < -0.4 is 5.63 Å². The second-order valence-electron chi connectivity index (χ2n) is 7.54. The van der Waals surface area contributed by atoms with Crippen molar-refractivity contribution in [3.05, 3.63) is 74.0 Å². The Morgan fingerprint density at radius 2 is 1.79 bits per heavy atom. The first-order valence-electron chi connectivity index (χ1n) is 9.84. The van der Waals surface area contributed by atoms with Crippen LogP contribution in [-0.4, -0.2) is 23.1 Å². The summed E-state index contributed by atoms with van der Waals surface area (Å²) in [4.78, 5) is 23.0. The zero-order valence-electron chi connectivity index (χ0n) is 16.4. The average Bonchev–Trinajstić information content (AvgIpc) is 3.43. The molecule has 0 aliphatic carbocycles. The van der Waals surface area contributed by atoms with Crippen LogP contribution in [0.1, 0.15) is 0 Å². The molecule has 7 rings (SSSR count). The zero-order valence-corrected chi connectivity index (χ0v) is 20.4. The maximum Gasteiger partial charge on any atom is 0.347 e. The number of aromatic nitrogens is 5. The molecule has 0 N–H and O–H groups in total. The minimum Gasteiger partial charge on any atom is -0.421 e. The minimum absolute atomic E-state index is 0.346. The van der Waals surface area contributed by atoms with Gasteiger partial charge in [0.2, 0.25) is 0 Å². The van der Waals surface area contributed by atoms with Crippen LogP contribution in [0, 0.1) is 0 Å². The second-order valence-corrected chi connectivity index (χ2v) is 9.84. The average molecular weight is 579 g/mol. The Labute approximate surface area is 205 Å². The number of benzene rings is 3. The van der Waals surface area contributed by atoms with Gasteiger partial charge in [0.1, 0.15) is 27.8 Å². The van der Waals surface area contributed by atoms with E-state index in [1.54, 1.807) is 0 Å². The predicted molar refractivity (Wildman–Crippen MR) is 136 cm³/mol. The van der Waals surface area contributed by atoms with Gasteiger partial charge in [0.25, 0.3) is 0 Å². The predicted octanol–water partition coefficient (Wildman–Crippen LogP) is 6.34. The highest BCUT2D eigenvalue weighted by Gasteiger charge is 2.21. The van der Waals surface area contributed by atoms with Crippen molar-refractivity contribution in [2.45, 2.75) is 0 Å². The van der Waals surface area contributed by atoms with Crippen molar-refractivity contribution in [1.82, 2.24) is 23.1 Å². The molecule has 0 unspecified atom stereocenters. The molecule has 0 aliphatic heterocycles. The maximum absolute atomic E-state index is 13.2. The molecule has 0 atom stereocenters. The van der Waals surface area contributed by atoms with E-state index in [1.807, 2.05) is 59.0 Å². The highest BCUT2D eigenvalue weighted by atomic mass is 79.9. The number of hydrogen-bond donors (Lipinski definition) is 0. The van der Waals surface area contributed by atoms with Crippen LogP contribution in [0.25, 0.3) is 61.0 Å². The summed E-state index contributed by atoms with van der Waals surface area (Å²) in [5.41, 5.74) is 4.81. The lowest BCUT2D eigenvalue weighted by atomic mass is 10.1. The summed E-state index contributed by atoms with van der Waals surface area (Å²) < 4.78 is 18.0. The Morgan fingerprint density at radius 1 is 0.909 bits per heavy atom. The van der Waals surface area contributed by atoms with Crippen LogP contribution in [0.2, 0.25) is 0 Å². The molecule has 4 aromatic heterocycles. The maximum atomic E-state index is 13.2. The Morgan fingerprint density at radius 3 is 2.70 bits per heavy atom. The van der Waals surface area contributed by atoms with E-state index in [0.717, 1.165) is 54.6 Å². The Kier molecular flexibility index (Phi) is 4.03. The summed E-state index contributed by atoms with van der Waals surface area (Å²) >= 11 is 8.13. The normalized spacial score (nSPS) is 12.1. The molecule has 7 nitrogen and oxygen atoms in total. The van der Waals surface area contributed by atoms with Crippen LogP contribution in [0.5, 0.6) is 0 Å². The Balaban J connectivity index is 1.70. The van der Waals surface area contributed by atoms with Gasteiger partial charge in [-0.25, -0.2) is 14.8 Å². The fraction of sp³-hybridized carbons (Fsp3) is 0. The summed E-state index contributed by atoms with van der Waals surface area (Å²) in [6, 6.07) is 17.1. The lowest BCUT2D eigenvalue weighted by molar-refractivity contribution is 0.561. The Hall–Kier alpha value is -3.21. The molecule has 0 amide bonds. The number of halogens is 2. The molecule has 0 saturated heterocycles. The fourth-order valence-electron chi connectivity index (χ4n) is 4.20. The number of rotatable bonds is 1. The van der Waals surface area contributed by atoms with E-state index < -0.39 is 5.63 Å². The third-order valence-electron chi connectivity index (χ3n) is 5.63. The first-order valence-corrected chi connectivity index (χ1v) is 12.2. The molecular formula is C23H9Br2N5O2S. The summed E-state index contributed by atoms with van der Waals surface area (Å²) in [6.45, 7) is 0. The first kappa shape index (κ1) is 19.3. The standard InChI is InChI=1S/C23H9Br2N5O2S/c24-11-7-10-8-13(23(31)32-20(10)14(25)9-11)22-26-15-4-2-1-3-12(15)21-27-19-17(30(21)22)6-5-16-18(19)29-33-28-16/h1-9H. The smallest absolute Gasteiger partial charge is 0.347 e. The van der Waals surface area contributed by atoms with Crippen molar-refractivity contribution < 1.29 is 4.42 Å². The van der Waals surface area contributed by atoms with Crippen molar-refractivity contribution in [3.63, 3.8) is 0 Å². The molecule has 7 aromatic rings. The summed E-state index contributed by atoms with van der Waals surface area (Å²) in [6.07, 6.45) is 0. The quantitative estimate of drug-likeness (QED) is 0.211. The largest absolute Gasteiger partial charge is 0.421 e. The number of nitrogens with zero attached hydrogens (tertiary/aromatic N) is 5. The van der Waals surface area contributed by atoms with Crippen LogP contribution in [-0.2, 0) is 0 Å². The molecule has 0 bridgehead atoms. The molecule has 0 spiro atoms. The van der Waals surface area contributed by atoms with Gasteiger partial charge in [-0.2, -0.15) is 8.75 Å². The number of imidazole rings is 1. The van der Waals surface area contributed by atoms with Gasteiger partial charge in [0.15, 0.2) is 11.4 Å². The van der Waals surface area contributed by atoms with Crippen molar-refractivity contribution in [1.29, 1.82) is 0 Å². The van der Waals surface area contributed by atoms with Gasteiger partial charge in [-0.1, -0.05) is 28.1 Å². The highest BCUT2D eigenvalue weighted by Crippen LogP contribution is 2.33. The number of hydrogen-bond acceptors (Lipinski definition) is 7. The molecule has 0 saturated carbocycles. The topological polar surface area (TPSA) is 86.2 Å². The van der Waals surface area contributed by atoms with Gasteiger partial charge in [-0.15, -0.1) is 0 Å². The molecule has 158 valence electrons. The van der Waals surface area contributed by atoms with Crippen molar-refractivity contribution in [3.8, 4) is 11.4 Å². The molecule has 0 aliphatic rings. The van der Waals surface area contributed by atoms with Crippen molar-refractivity contribution >= 4 is 93.2 Å². The van der Waals surface area contributed by atoms with E-state index in [9.17, 15) is 4.79 Å². The first-order chi connectivity index (χ1) is 16.1. The van der Waals surface area contributed by atoms with Gasteiger partial charge in [0, 0.05) is 15.2 Å². The van der Waals surface area contributed by atoms with Gasteiger partial charge in [-0.3, -0.25) is 4.40 Å². The van der Waals surface area contributed by atoms with Gasteiger partial charge in [-0.05, 0) is 58.4 Å². The van der Waals surface area contributed by atoms with Gasteiger partial charge >= 0.3 is 5.63 Å². The van der Waals surface area contributed by atoms with Crippen LogP contribution in [0.3, 0.4) is 0 Å². The summed E-state index contributed by atoms with van der Waals surface area (Å²) in [5, 5.41) is 1.65. The second kappa shape index (κ2) is 6.89. The van der Waals surface area contributed by atoms with E-state index in [0.29, 0.717) is 27.1 Å². The molecular weight excluding hydrogens is 570 g/mol. The van der Waals surface area contributed by atoms with Crippen LogP contribution in [0.4, 0.5) is 0 Å². The van der Waals surface area contributed by atoms with E-state index >= 15 is 0 Å². The lowest BCUT2D eigenvalue weighted by Gasteiger charge is -2.09. The van der Waals surface area contributed by atoms with Gasteiger partial charge < -0.3 is 4.42 Å². The van der Waals surface area contributed by atoms with Crippen LogP contribution in [0.15, 0.2) is 72.8 Å². The SMILES string of the molecule is O=c1oc2c(Br)cc(Br)cc2cc1-c1nc2ccccc2c2nc3c4nsnc4ccc3n12. The van der Waals surface area contributed by atoms with E-state index in [4.69, 9.17) is 14.4 Å². The monoisotopic (exact) mass is 577 g/mol. The number of para-hydroxylation sites is 1. The molecule has 10 heteroatoms. The minimum atomic E-state index is -0.479. The molecule has 3 aromatic carbocycles. The van der Waals surface area contributed by atoms with Crippen molar-refractivity contribution in [2.24, 2.45) is 0 Å². The van der Waals surface area contributed by atoms with Crippen LogP contribution >= 0.6 is 43.6 Å². The zero-order chi connectivity index (χ0) is 22.3. The number of fused-ring (bicyclic) bond motifs is 8. The van der Waals surface area contributed by atoms with E-state index in [-0.39, 0.29) is 0 Å². The van der Waals surface area contributed by atoms with E-state index in [2.05, 4.69) is 40.6 Å². The molecule has 0 radical (unpaired) electrons. The van der Waals surface area contributed by atoms with Crippen molar-refractivity contribution in [2.75, 3.05) is 0 Å². The fourth-order valence-corrected chi connectivity index (χ4v) is 6.08. The van der Waals surface area contributed by atoms with Gasteiger partial charge in [0.05, 0.1) is 27.2 Å². The Bertz CT molecular complexity index is 1990. The highest BCUT2D eigenvalue weighted by molar-refractivity contribution is 9.11. The third-order valence-corrected chi connectivity index (χ3v) is 7.22. The summed E-state index contributed by atoms with van der Waals surface area (Å²) in [7, 11) is 0. The molecule has 0 fully saturated rings.